The van der Waals surface area contributed by atoms with Crippen LogP contribution in [0.2, 0.25) is 39.3 Å². The summed E-state index contributed by atoms with van der Waals surface area (Å²) in [5.41, 5.74) is 0. The molecule has 0 aromatic carbocycles. The van der Waals surface area contributed by atoms with Gasteiger partial charge in [-0.05, 0) is 39.3 Å². The van der Waals surface area contributed by atoms with Crippen LogP contribution < -0.4 is 0 Å². The topological polar surface area (TPSA) is 77.3 Å². The van der Waals surface area contributed by atoms with Crippen molar-refractivity contribution in [1.29, 1.82) is 0 Å². The van der Waals surface area contributed by atoms with Gasteiger partial charge in [0.25, 0.3) is 0 Å². The molecule has 0 aliphatic rings. The van der Waals surface area contributed by atoms with E-state index in [1.807, 2.05) is 39.3 Å². The third-order valence-corrected chi connectivity index (χ3v) is 2.57. The van der Waals surface area contributed by atoms with Crippen molar-refractivity contribution in [3.05, 3.63) is 0 Å². The van der Waals surface area contributed by atoms with E-state index in [0.29, 0.717) is 0 Å². The normalized spacial score (nSPS) is 12.6. The van der Waals surface area contributed by atoms with Crippen molar-refractivity contribution in [1.82, 2.24) is 0 Å². The van der Waals surface area contributed by atoms with E-state index in [1.54, 1.807) is 0 Å². The molecule has 0 spiro atoms. The van der Waals surface area contributed by atoms with Crippen LogP contribution in [-0.2, 0) is 8.85 Å². The number of rotatable bonds is 2. The Morgan fingerprint density at radius 2 is 1.00 bits per heavy atom. The second-order valence-electron chi connectivity index (χ2n) is 5.16. The number of carbonyl (C=O) groups is 2. The molecule has 0 fully saturated rings. The molecule has 0 atom stereocenters. The summed E-state index contributed by atoms with van der Waals surface area (Å²) < 4.78 is 9.92. The molecule has 0 aliphatic carbocycles. The van der Waals surface area contributed by atoms with Crippen molar-refractivity contribution in [2.75, 3.05) is 0 Å². The largest absolute Gasteiger partial charge is 0.502 e. The zero-order valence-electron chi connectivity index (χ0n) is 10.5. The van der Waals surface area contributed by atoms with E-state index in [1.165, 1.54) is 0 Å². The van der Waals surface area contributed by atoms with Gasteiger partial charge in [-0.25, -0.2) is 9.59 Å². The molecule has 0 heterocycles. The van der Waals surface area contributed by atoms with Gasteiger partial charge < -0.3 is 8.85 Å². The molecule has 16 heavy (non-hydrogen) atoms. The summed E-state index contributed by atoms with van der Waals surface area (Å²) in [5, 5.41) is 6.28. The van der Waals surface area contributed by atoms with Crippen LogP contribution in [0.5, 0.6) is 0 Å². The Kier molecular flexibility index (Phi) is 5.00. The molecule has 0 radical (unpaired) electrons. The van der Waals surface area contributed by atoms with E-state index in [-0.39, 0.29) is 0 Å². The predicted octanol–water partition coefficient (Wildman–Crippen LogP) is 3.38. The zero-order valence-corrected chi connectivity index (χ0v) is 12.5. The van der Waals surface area contributed by atoms with E-state index in [4.69, 9.17) is 8.85 Å². The van der Waals surface area contributed by atoms with Crippen molar-refractivity contribution in [3.8, 4) is 0 Å². The summed E-state index contributed by atoms with van der Waals surface area (Å²) in [4.78, 5) is 22.2. The fourth-order valence-electron chi connectivity index (χ4n) is 0.646. The minimum absolute atomic E-state index is 0.841. The van der Waals surface area contributed by atoms with Crippen LogP contribution in [0.15, 0.2) is 10.2 Å². The van der Waals surface area contributed by atoms with Gasteiger partial charge in [0.15, 0.2) is 0 Å². The van der Waals surface area contributed by atoms with Gasteiger partial charge in [-0.15, -0.1) is 0 Å². The lowest BCUT2D eigenvalue weighted by atomic mass is 11.2. The minimum Gasteiger partial charge on any atom is -0.502 e. The average Bonchev–Trinajstić information content (AvgIpc) is 1.94. The highest BCUT2D eigenvalue weighted by molar-refractivity contribution is 6.71. The molecule has 6 nitrogen and oxygen atoms in total. The molecule has 92 valence electrons. The third-order valence-electron chi connectivity index (χ3n) is 1.00. The first-order chi connectivity index (χ1) is 6.99. The van der Waals surface area contributed by atoms with Crippen molar-refractivity contribution < 1.29 is 18.4 Å². The minimum atomic E-state index is -1.99. The number of hydrogen-bond donors (Lipinski definition) is 0. The molecule has 0 saturated carbocycles. The van der Waals surface area contributed by atoms with Gasteiger partial charge in [0.05, 0.1) is 0 Å². The highest BCUT2D eigenvalue weighted by Crippen LogP contribution is 2.06. The maximum absolute atomic E-state index is 11.1. The van der Waals surface area contributed by atoms with Crippen LogP contribution in [0.25, 0.3) is 0 Å². The average molecular weight is 262 g/mol. The molecule has 0 unspecified atom stereocenters. The molecular formula is C8H18N2O4Si2. The fraction of sp³-hybridized carbons (Fsp3) is 0.750. The summed E-state index contributed by atoms with van der Waals surface area (Å²) in [6, 6.07) is 0. The summed E-state index contributed by atoms with van der Waals surface area (Å²) in [7, 11) is -3.97. The fourth-order valence-corrected chi connectivity index (χ4v) is 1.78. The number of azo groups is 1. The maximum Gasteiger partial charge on any atom is 0.439 e. The predicted molar refractivity (Wildman–Crippen MR) is 64.5 cm³/mol. The first kappa shape index (κ1) is 15.0. The standard InChI is InChI=1S/C8H18N2O4Si2/c1-15(2,3)13-7(11)9-10-8(12)14-16(4,5)6/h1-6H3. The smallest absolute Gasteiger partial charge is 0.439 e. The Morgan fingerprint density at radius 1 is 0.750 bits per heavy atom. The van der Waals surface area contributed by atoms with Gasteiger partial charge in [-0.1, -0.05) is 10.2 Å². The van der Waals surface area contributed by atoms with E-state index in [0.717, 1.165) is 0 Å². The van der Waals surface area contributed by atoms with Crippen molar-refractivity contribution >= 4 is 28.8 Å². The number of nitrogens with zero attached hydrogens (tertiary/aromatic N) is 2. The van der Waals surface area contributed by atoms with Gasteiger partial charge in [0, 0.05) is 0 Å². The van der Waals surface area contributed by atoms with Gasteiger partial charge in [0.2, 0.25) is 16.6 Å². The molecule has 0 aromatic heterocycles. The molecule has 0 N–H and O–H groups in total. The van der Waals surface area contributed by atoms with Crippen LogP contribution >= 0.6 is 0 Å². The zero-order chi connectivity index (χ0) is 13.0. The molecule has 0 rings (SSSR count). The van der Waals surface area contributed by atoms with Gasteiger partial charge in [0.1, 0.15) is 0 Å². The van der Waals surface area contributed by atoms with Crippen molar-refractivity contribution in [3.63, 3.8) is 0 Å². The van der Waals surface area contributed by atoms with Crippen LogP contribution in [0.1, 0.15) is 0 Å². The van der Waals surface area contributed by atoms with Gasteiger partial charge >= 0.3 is 12.2 Å². The molecular weight excluding hydrogens is 244 g/mol. The molecule has 0 saturated heterocycles. The molecule has 0 aliphatic heterocycles. The Balaban J connectivity index is 4.20. The number of hydrogen-bond acceptors (Lipinski definition) is 4. The molecule has 0 bridgehead atoms. The lowest BCUT2D eigenvalue weighted by molar-refractivity contribution is 0.199. The van der Waals surface area contributed by atoms with E-state index in [2.05, 4.69) is 10.2 Å². The van der Waals surface area contributed by atoms with Crippen LogP contribution in [0.4, 0.5) is 9.59 Å². The van der Waals surface area contributed by atoms with Crippen LogP contribution in [0, 0.1) is 0 Å². The second kappa shape index (κ2) is 5.35. The van der Waals surface area contributed by atoms with Gasteiger partial charge in [-0.3, -0.25) is 0 Å². The summed E-state index contributed by atoms with van der Waals surface area (Å²) >= 11 is 0. The number of carbonyl (C=O) groups excluding carboxylic acids is 2. The molecule has 2 amide bonds. The van der Waals surface area contributed by atoms with Crippen molar-refractivity contribution in [2.24, 2.45) is 10.2 Å². The Labute approximate surface area is 97.3 Å². The number of amides is 2. The second-order valence-corrected chi connectivity index (χ2v) is 14.0. The van der Waals surface area contributed by atoms with Crippen molar-refractivity contribution in [2.45, 2.75) is 39.3 Å². The molecule has 8 heteroatoms. The highest BCUT2D eigenvalue weighted by atomic mass is 28.4. The Bertz CT molecular complexity index is 274. The Hall–Kier alpha value is -1.03. The summed E-state index contributed by atoms with van der Waals surface area (Å²) in [6.07, 6.45) is -1.68. The monoisotopic (exact) mass is 262 g/mol. The molecule has 0 aromatic rings. The van der Waals surface area contributed by atoms with E-state index in [9.17, 15) is 9.59 Å². The van der Waals surface area contributed by atoms with Crippen LogP contribution in [0.3, 0.4) is 0 Å². The van der Waals surface area contributed by atoms with E-state index >= 15 is 0 Å². The summed E-state index contributed by atoms with van der Waals surface area (Å²) in [6.45, 7) is 11.0. The quantitative estimate of drug-likeness (QED) is 0.564. The van der Waals surface area contributed by atoms with Crippen LogP contribution in [-0.4, -0.2) is 28.8 Å². The Morgan fingerprint density at radius 3 is 1.19 bits per heavy atom. The third kappa shape index (κ3) is 9.53. The SMILES string of the molecule is C[Si](C)(C)OC(=O)N=NC(=O)O[Si](C)(C)C. The highest BCUT2D eigenvalue weighted by Gasteiger charge is 2.22. The van der Waals surface area contributed by atoms with E-state index < -0.39 is 28.8 Å². The lowest BCUT2D eigenvalue weighted by Gasteiger charge is -2.15. The first-order valence-corrected chi connectivity index (χ1v) is 11.7. The lowest BCUT2D eigenvalue weighted by Crippen LogP contribution is -2.28. The first-order valence-electron chi connectivity index (χ1n) is 4.87. The maximum atomic E-state index is 11.1. The van der Waals surface area contributed by atoms with Gasteiger partial charge in [-0.2, -0.15) is 0 Å². The summed E-state index contributed by atoms with van der Waals surface area (Å²) in [5.74, 6) is 0.